The summed E-state index contributed by atoms with van der Waals surface area (Å²) >= 11 is 0. The van der Waals surface area contributed by atoms with Crippen LogP contribution in [-0.2, 0) is 11.2 Å². The Morgan fingerprint density at radius 2 is 1.83 bits per heavy atom. The van der Waals surface area contributed by atoms with Gasteiger partial charge in [0.2, 0.25) is 0 Å². The minimum Gasteiger partial charge on any atom is -0.424 e. The molecule has 3 aromatic rings. The van der Waals surface area contributed by atoms with E-state index in [1.165, 1.54) is 11.1 Å². The highest BCUT2D eigenvalue weighted by atomic mass is 16.5. The fraction of sp³-hybridized carbons (Fsp3) is 0.381. The van der Waals surface area contributed by atoms with Gasteiger partial charge in [-0.25, -0.2) is 0 Å². The molecule has 0 aliphatic rings. The number of carbonyl (C=O) groups excluding carboxylic acids is 1. The molecule has 3 rings (SSSR count). The van der Waals surface area contributed by atoms with E-state index < -0.39 is 5.41 Å². The van der Waals surface area contributed by atoms with Crippen molar-refractivity contribution in [3.8, 4) is 5.75 Å². The van der Waals surface area contributed by atoms with Crippen LogP contribution in [0, 0.1) is 5.41 Å². The Hall–Kier alpha value is -2.29. The number of ether oxygens (including phenoxy) is 1. The number of hydrogen-bond donors (Lipinski definition) is 0. The molecule has 2 heterocycles. The van der Waals surface area contributed by atoms with Gasteiger partial charge in [-0.1, -0.05) is 37.6 Å². The first-order valence-electron chi connectivity index (χ1n) is 8.66. The summed E-state index contributed by atoms with van der Waals surface area (Å²) in [6, 6.07) is 14.5. The zero-order valence-electron chi connectivity index (χ0n) is 14.9. The van der Waals surface area contributed by atoms with Crippen LogP contribution in [0.3, 0.4) is 0 Å². The Morgan fingerprint density at radius 3 is 2.54 bits per heavy atom. The second-order valence-corrected chi connectivity index (χ2v) is 7.36. The number of fused-ring (bicyclic) bond motifs is 3. The number of carbonyl (C=O) groups is 1. The van der Waals surface area contributed by atoms with E-state index in [1.807, 2.05) is 45.0 Å². The Balaban J connectivity index is 2.17. The van der Waals surface area contributed by atoms with Crippen LogP contribution in [0.1, 0.15) is 46.2 Å². The quantitative estimate of drug-likeness (QED) is 0.603. The van der Waals surface area contributed by atoms with Crippen molar-refractivity contribution in [2.45, 2.75) is 47.0 Å². The molecule has 0 saturated carbocycles. The molecular formula is C21H25NO2. The van der Waals surface area contributed by atoms with Crippen LogP contribution in [0.4, 0.5) is 0 Å². The lowest BCUT2D eigenvalue weighted by Crippen LogP contribution is -2.25. The second kappa shape index (κ2) is 6.31. The van der Waals surface area contributed by atoms with Gasteiger partial charge < -0.3 is 9.14 Å². The van der Waals surface area contributed by atoms with E-state index in [0.717, 1.165) is 30.3 Å². The molecule has 0 N–H and O–H groups in total. The lowest BCUT2D eigenvalue weighted by atomic mass is 9.97. The van der Waals surface area contributed by atoms with E-state index >= 15 is 0 Å². The lowest BCUT2D eigenvalue weighted by molar-refractivity contribution is -0.142. The van der Waals surface area contributed by atoms with Crippen LogP contribution in [0.5, 0.6) is 5.75 Å². The van der Waals surface area contributed by atoms with Gasteiger partial charge in [-0.3, -0.25) is 4.79 Å². The zero-order chi connectivity index (χ0) is 17.3. The van der Waals surface area contributed by atoms with Crippen molar-refractivity contribution in [2.75, 3.05) is 0 Å². The van der Waals surface area contributed by atoms with E-state index in [2.05, 4.69) is 29.5 Å². The molecule has 0 aliphatic heterocycles. The molecule has 0 saturated heterocycles. The molecule has 0 bridgehead atoms. The maximum absolute atomic E-state index is 12.3. The number of para-hydroxylation sites is 1. The predicted molar refractivity (Wildman–Crippen MR) is 98.6 cm³/mol. The molecule has 3 heteroatoms. The van der Waals surface area contributed by atoms with Crippen molar-refractivity contribution in [2.24, 2.45) is 5.41 Å². The first-order valence-corrected chi connectivity index (χ1v) is 8.66. The number of benzene rings is 1. The largest absolute Gasteiger partial charge is 0.424 e. The average molecular weight is 323 g/mol. The highest BCUT2D eigenvalue weighted by molar-refractivity contribution is 5.87. The standard InChI is InChI=1S/C21H25NO2/c1-5-6-10-16-14-19(24-20(23)21(2,3)4)18-13-12-15-9-7-8-11-17(15)22(16)18/h7-9,11-14H,5-6,10H2,1-4H3. The minimum absolute atomic E-state index is 0.204. The SMILES string of the molecule is CCCCc1cc(OC(=O)C(C)(C)C)c2ccc3ccccc3n12. The van der Waals surface area contributed by atoms with E-state index in [4.69, 9.17) is 4.74 Å². The highest BCUT2D eigenvalue weighted by Gasteiger charge is 2.25. The van der Waals surface area contributed by atoms with Gasteiger partial charge in [0.15, 0.2) is 5.75 Å². The third kappa shape index (κ3) is 3.03. The van der Waals surface area contributed by atoms with Crippen molar-refractivity contribution in [1.29, 1.82) is 0 Å². The summed E-state index contributed by atoms with van der Waals surface area (Å²) in [7, 11) is 0. The minimum atomic E-state index is -0.519. The summed E-state index contributed by atoms with van der Waals surface area (Å²) in [5.41, 5.74) is 2.78. The molecule has 2 aromatic heterocycles. The average Bonchev–Trinajstić information content (AvgIpc) is 2.90. The van der Waals surface area contributed by atoms with Crippen LogP contribution in [0.15, 0.2) is 42.5 Å². The summed E-state index contributed by atoms with van der Waals surface area (Å²) in [6.45, 7) is 7.82. The Labute approximate surface area is 143 Å². The molecular weight excluding hydrogens is 298 g/mol. The van der Waals surface area contributed by atoms with Gasteiger partial charge in [0.1, 0.15) is 0 Å². The summed E-state index contributed by atoms with van der Waals surface area (Å²) in [5, 5.41) is 1.19. The third-order valence-corrected chi connectivity index (χ3v) is 4.28. The molecule has 24 heavy (non-hydrogen) atoms. The number of unbranched alkanes of at least 4 members (excludes halogenated alkanes) is 1. The normalized spacial score (nSPS) is 12.0. The van der Waals surface area contributed by atoms with Crippen molar-refractivity contribution in [3.05, 3.63) is 48.2 Å². The molecule has 0 fully saturated rings. The van der Waals surface area contributed by atoms with E-state index in [0.29, 0.717) is 5.75 Å². The van der Waals surface area contributed by atoms with Crippen molar-refractivity contribution in [3.63, 3.8) is 0 Å². The van der Waals surface area contributed by atoms with E-state index in [9.17, 15) is 4.79 Å². The zero-order valence-corrected chi connectivity index (χ0v) is 14.9. The van der Waals surface area contributed by atoms with Crippen LogP contribution in [0.25, 0.3) is 16.4 Å². The van der Waals surface area contributed by atoms with Gasteiger partial charge in [-0.2, -0.15) is 0 Å². The first-order chi connectivity index (χ1) is 11.4. The molecule has 0 aliphatic carbocycles. The number of rotatable bonds is 4. The van der Waals surface area contributed by atoms with Crippen molar-refractivity contribution >= 4 is 22.4 Å². The molecule has 3 nitrogen and oxygen atoms in total. The van der Waals surface area contributed by atoms with Gasteiger partial charge in [0.05, 0.1) is 16.4 Å². The van der Waals surface area contributed by atoms with Crippen LogP contribution in [0.2, 0.25) is 0 Å². The van der Waals surface area contributed by atoms with Gasteiger partial charge in [-0.15, -0.1) is 0 Å². The number of nitrogens with zero attached hydrogens (tertiary/aromatic N) is 1. The number of pyridine rings is 1. The van der Waals surface area contributed by atoms with E-state index in [-0.39, 0.29) is 5.97 Å². The molecule has 0 radical (unpaired) electrons. The smallest absolute Gasteiger partial charge is 0.316 e. The number of hydrogen-bond acceptors (Lipinski definition) is 2. The highest BCUT2D eigenvalue weighted by Crippen LogP contribution is 2.31. The molecule has 126 valence electrons. The molecule has 0 unspecified atom stereocenters. The summed E-state index contributed by atoms with van der Waals surface area (Å²) < 4.78 is 7.97. The van der Waals surface area contributed by atoms with Crippen molar-refractivity contribution < 1.29 is 9.53 Å². The van der Waals surface area contributed by atoms with E-state index in [1.54, 1.807) is 0 Å². The number of aromatic nitrogens is 1. The first kappa shape index (κ1) is 16.6. The number of esters is 1. The summed E-state index contributed by atoms with van der Waals surface area (Å²) in [4.78, 5) is 12.3. The maximum Gasteiger partial charge on any atom is 0.316 e. The molecule has 0 amide bonds. The van der Waals surface area contributed by atoms with Gasteiger partial charge in [-0.05, 0) is 51.1 Å². The Kier molecular flexibility index (Phi) is 4.35. The van der Waals surface area contributed by atoms with Gasteiger partial charge >= 0.3 is 5.97 Å². The predicted octanol–water partition coefficient (Wildman–Crippen LogP) is 5.39. The van der Waals surface area contributed by atoms with Gasteiger partial charge in [0.25, 0.3) is 0 Å². The van der Waals surface area contributed by atoms with Crippen molar-refractivity contribution in [1.82, 2.24) is 4.40 Å². The fourth-order valence-corrected chi connectivity index (χ4v) is 2.87. The Bertz CT molecular complexity index is 884. The van der Waals surface area contributed by atoms with Gasteiger partial charge in [0, 0.05) is 11.8 Å². The molecule has 0 atom stereocenters. The summed E-state index contributed by atoms with van der Waals surface area (Å²) in [6.07, 6.45) is 3.22. The lowest BCUT2D eigenvalue weighted by Gasteiger charge is -2.15. The van der Waals surface area contributed by atoms with Crippen LogP contribution < -0.4 is 4.74 Å². The monoisotopic (exact) mass is 323 g/mol. The molecule has 0 spiro atoms. The maximum atomic E-state index is 12.3. The number of aryl methyl sites for hydroxylation is 1. The van der Waals surface area contributed by atoms with Crippen LogP contribution >= 0.6 is 0 Å². The molecule has 1 aromatic carbocycles. The Morgan fingerprint density at radius 1 is 1.08 bits per heavy atom. The summed E-state index contributed by atoms with van der Waals surface area (Å²) in [5.74, 6) is 0.456. The second-order valence-electron chi connectivity index (χ2n) is 7.36. The third-order valence-electron chi connectivity index (χ3n) is 4.28. The van der Waals surface area contributed by atoms with Crippen LogP contribution in [-0.4, -0.2) is 10.4 Å². The fourth-order valence-electron chi connectivity index (χ4n) is 2.87. The topological polar surface area (TPSA) is 30.7 Å².